The lowest BCUT2D eigenvalue weighted by Crippen LogP contribution is -2.36. The fourth-order valence-electron chi connectivity index (χ4n) is 4.20. The van der Waals surface area contributed by atoms with Gasteiger partial charge in [0.2, 0.25) is 11.7 Å². The molecule has 0 radical (unpaired) electrons. The number of nitrogens with one attached hydrogen (secondary N) is 2. The second kappa shape index (κ2) is 8.95. The SMILES string of the molecule is Cc1nn(CC(=O)NC(c2ccccc2)c2ccc3nc(C(F)(F)F)[nH]c3c2)c(=O)c2ccccc12. The minimum Gasteiger partial charge on any atom is -0.344 e. The molecule has 1 amide bonds. The molecule has 5 rings (SSSR count). The standard InChI is InChI=1S/C26H20F3N5O2/c1-15-18-9-5-6-10-19(18)24(36)34(33-15)14-22(35)32-23(16-7-3-2-4-8-16)17-11-12-20-21(13-17)31-25(30-20)26(27,28)29/h2-13,23H,14H2,1H3,(H,30,31)(H,32,35). The second-order valence-electron chi connectivity index (χ2n) is 8.36. The summed E-state index contributed by atoms with van der Waals surface area (Å²) < 4.78 is 40.4. The van der Waals surface area contributed by atoms with E-state index in [9.17, 15) is 22.8 Å². The number of alkyl halides is 3. The van der Waals surface area contributed by atoms with Crippen LogP contribution in [0, 0.1) is 6.92 Å². The Bertz CT molecular complexity index is 1640. The molecule has 5 aromatic rings. The third kappa shape index (κ3) is 4.45. The zero-order chi connectivity index (χ0) is 25.4. The van der Waals surface area contributed by atoms with E-state index in [0.717, 1.165) is 10.2 Å². The molecule has 1 atom stereocenters. The molecule has 10 heteroatoms. The summed E-state index contributed by atoms with van der Waals surface area (Å²) in [5.74, 6) is -1.57. The fourth-order valence-corrected chi connectivity index (χ4v) is 4.20. The van der Waals surface area contributed by atoms with Gasteiger partial charge in [0.15, 0.2) is 0 Å². The second-order valence-corrected chi connectivity index (χ2v) is 8.36. The number of carbonyl (C=O) groups excluding carboxylic acids is 1. The van der Waals surface area contributed by atoms with E-state index in [1.807, 2.05) is 12.1 Å². The minimum absolute atomic E-state index is 0.159. The molecular weight excluding hydrogens is 471 g/mol. The lowest BCUT2D eigenvalue weighted by molar-refractivity contribution is -0.144. The van der Waals surface area contributed by atoms with Crippen molar-refractivity contribution < 1.29 is 18.0 Å². The van der Waals surface area contributed by atoms with E-state index in [0.29, 0.717) is 22.0 Å². The molecule has 0 aliphatic heterocycles. The van der Waals surface area contributed by atoms with E-state index in [1.165, 1.54) is 12.1 Å². The van der Waals surface area contributed by atoms with Crippen molar-refractivity contribution in [2.45, 2.75) is 25.7 Å². The third-order valence-electron chi connectivity index (χ3n) is 5.89. The summed E-state index contributed by atoms with van der Waals surface area (Å²) in [5, 5.41) is 8.36. The molecule has 3 aromatic carbocycles. The number of aryl methyl sites for hydroxylation is 1. The summed E-state index contributed by atoms with van der Waals surface area (Å²) in [4.78, 5) is 31.9. The van der Waals surface area contributed by atoms with E-state index in [-0.39, 0.29) is 23.1 Å². The highest BCUT2D eigenvalue weighted by Gasteiger charge is 2.34. The third-order valence-corrected chi connectivity index (χ3v) is 5.89. The van der Waals surface area contributed by atoms with Crippen LogP contribution in [0.5, 0.6) is 0 Å². The molecule has 0 saturated carbocycles. The van der Waals surface area contributed by atoms with Gasteiger partial charge in [-0.05, 0) is 36.2 Å². The normalized spacial score (nSPS) is 12.7. The number of carbonyl (C=O) groups is 1. The number of aromatic amines is 1. The van der Waals surface area contributed by atoms with Crippen molar-refractivity contribution in [3.8, 4) is 0 Å². The van der Waals surface area contributed by atoms with Crippen LogP contribution in [0.25, 0.3) is 21.8 Å². The number of imidazole rings is 1. The van der Waals surface area contributed by atoms with E-state index in [1.54, 1.807) is 55.5 Å². The maximum absolute atomic E-state index is 13.1. The number of hydrogen-bond acceptors (Lipinski definition) is 4. The Labute approximate surface area is 202 Å². The average Bonchev–Trinajstić information content (AvgIpc) is 3.31. The summed E-state index contributed by atoms with van der Waals surface area (Å²) in [5.41, 5.74) is 1.85. The smallest absolute Gasteiger partial charge is 0.344 e. The van der Waals surface area contributed by atoms with Crippen LogP contribution >= 0.6 is 0 Å². The quantitative estimate of drug-likeness (QED) is 0.379. The van der Waals surface area contributed by atoms with Gasteiger partial charge in [0.05, 0.1) is 28.2 Å². The van der Waals surface area contributed by atoms with Crippen molar-refractivity contribution in [3.05, 3.63) is 106 Å². The van der Waals surface area contributed by atoms with Crippen molar-refractivity contribution in [3.63, 3.8) is 0 Å². The molecule has 36 heavy (non-hydrogen) atoms. The highest BCUT2D eigenvalue weighted by atomic mass is 19.4. The summed E-state index contributed by atoms with van der Waals surface area (Å²) in [6.45, 7) is 1.44. The lowest BCUT2D eigenvalue weighted by Gasteiger charge is -2.20. The molecule has 0 aliphatic rings. The Balaban J connectivity index is 1.48. The maximum atomic E-state index is 13.1. The van der Waals surface area contributed by atoms with E-state index in [2.05, 4.69) is 20.4 Å². The van der Waals surface area contributed by atoms with Crippen LogP contribution in [-0.2, 0) is 17.5 Å². The van der Waals surface area contributed by atoms with Gasteiger partial charge < -0.3 is 10.3 Å². The zero-order valence-electron chi connectivity index (χ0n) is 19.0. The van der Waals surface area contributed by atoms with Gasteiger partial charge in [-0.25, -0.2) is 9.67 Å². The molecule has 2 N–H and O–H groups in total. The first kappa shape index (κ1) is 23.3. The zero-order valence-corrected chi connectivity index (χ0v) is 19.0. The number of nitrogens with zero attached hydrogens (tertiary/aromatic N) is 3. The Kier molecular flexibility index (Phi) is 5.79. The van der Waals surface area contributed by atoms with Crippen LogP contribution in [0.15, 0.2) is 77.6 Å². The number of aromatic nitrogens is 4. The average molecular weight is 491 g/mol. The number of benzene rings is 3. The Morgan fingerprint density at radius 3 is 2.42 bits per heavy atom. The molecule has 7 nitrogen and oxygen atoms in total. The number of halogens is 3. The highest BCUT2D eigenvalue weighted by Crippen LogP contribution is 2.30. The molecular formula is C26H20F3N5O2. The number of amides is 1. The van der Waals surface area contributed by atoms with Crippen molar-refractivity contribution in [1.82, 2.24) is 25.1 Å². The highest BCUT2D eigenvalue weighted by molar-refractivity contribution is 5.84. The van der Waals surface area contributed by atoms with E-state index >= 15 is 0 Å². The molecule has 0 fully saturated rings. The van der Waals surface area contributed by atoms with Crippen molar-refractivity contribution in [2.24, 2.45) is 0 Å². The van der Waals surface area contributed by atoms with Crippen molar-refractivity contribution in [2.75, 3.05) is 0 Å². The molecule has 0 spiro atoms. The van der Waals surface area contributed by atoms with Gasteiger partial charge in [0.25, 0.3) is 5.56 Å². The first-order valence-corrected chi connectivity index (χ1v) is 11.1. The monoisotopic (exact) mass is 491 g/mol. The first-order chi connectivity index (χ1) is 17.2. The largest absolute Gasteiger partial charge is 0.449 e. The van der Waals surface area contributed by atoms with Crippen molar-refractivity contribution in [1.29, 1.82) is 0 Å². The van der Waals surface area contributed by atoms with Crippen LogP contribution < -0.4 is 10.9 Å². The van der Waals surface area contributed by atoms with Gasteiger partial charge in [-0.1, -0.05) is 54.6 Å². The Morgan fingerprint density at radius 2 is 1.69 bits per heavy atom. The van der Waals surface area contributed by atoms with E-state index < -0.39 is 23.9 Å². The molecule has 0 saturated heterocycles. The summed E-state index contributed by atoms with van der Waals surface area (Å²) in [7, 11) is 0. The maximum Gasteiger partial charge on any atom is 0.449 e. The molecule has 1 unspecified atom stereocenters. The van der Waals surface area contributed by atoms with Crippen LogP contribution in [0.2, 0.25) is 0 Å². The molecule has 0 aliphatic carbocycles. The van der Waals surface area contributed by atoms with Crippen LogP contribution in [-0.4, -0.2) is 25.7 Å². The van der Waals surface area contributed by atoms with Crippen molar-refractivity contribution >= 4 is 27.7 Å². The number of fused-ring (bicyclic) bond motifs is 2. The van der Waals surface area contributed by atoms with Crippen LogP contribution in [0.3, 0.4) is 0 Å². The van der Waals surface area contributed by atoms with Gasteiger partial charge in [-0.3, -0.25) is 9.59 Å². The topological polar surface area (TPSA) is 92.7 Å². The van der Waals surface area contributed by atoms with Crippen LogP contribution in [0.1, 0.15) is 28.7 Å². The predicted octanol–water partition coefficient (Wildman–Crippen LogP) is 4.51. The number of H-pyrrole nitrogens is 1. The molecule has 0 bridgehead atoms. The summed E-state index contributed by atoms with van der Waals surface area (Å²) >= 11 is 0. The van der Waals surface area contributed by atoms with Crippen LogP contribution in [0.4, 0.5) is 13.2 Å². The summed E-state index contributed by atoms with van der Waals surface area (Å²) in [6.07, 6.45) is -4.61. The van der Waals surface area contributed by atoms with E-state index in [4.69, 9.17) is 0 Å². The van der Waals surface area contributed by atoms with Gasteiger partial charge in [-0.15, -0.1) is 0 Å². The molecule has 2 heterocycles. The first-order valence-electron chi connectivity index (χ1n) is 11.1. The minimum atomic E-state index is -4.61. The molecule has 182 valence electrons. The van der Waals surface area contributed by atoms with Gasteiger partial charge in [-0.2, -0.15) is 18.3 Å². The predicted molar refractivity (Wildman–Crippen MR) is 128 cm³/mol. The Hall–Kier alpha value is -4.47. The van der Waals surface area contributed by atoms with Gasteiger partial charge in [0.1, 0.15) is 6.54 Å². The van der Waals surface area contributed by atoms with Gasteiger partial charge >= 0.3 is 6.18 Å². The Morgan fingerprint density at radius 1 is 1.00 bits per heavy atom. The summed E-state index contributed by atoms with van der Waals surface area (Å²) in [6, 6.07) is 20.0. The molecule has 2 aromatic heterocycles. The number of rotatable bonds is 5. The van der Waals surface area contributed by atoms with Gasteiger partial charge in [0, 0.05) is 5.39 Å². The number of hydrogen-bond donors (Lipinski definition) is 2. The fraction of sp³-hybridized carbons (Fsp3) is 0.154. The lowest BCUT2D eigenvalue weighted by atomic mass is 9.98.